The van der Waals surface area contributed by atoms with E-state index in [4.69, 9.17) is 23.2 Å². The fourth-order valence-electron chi connectivity index (χ4n) is 3.13. The summed E-state index contributed by atoms with van der Waals surface area (Å²) in [7, 11) is 0. The second-order valence-corrected chi connectivity index (χ2v) is 7.36. The molecule has 0 atom stereocenters. The van der Waals surface area contributed by atoms with Crippen LogP contribution in [0, 0.1) is 0 Å². The molecule has 3 rings (SSSR count). The van der Waals surface area contributed by atoms with E-state index in [0.29, 0.717) is 11.7 Å². The fourth-order valence-corrected chi connectivity index (χ4v) is 3.53. The van der Waals surface area contributed by atoms with Crippen molar-refractivity contribution < 1.29 is 4.79 Å². The Morgan fingerprint density at radius 3 is 2.37 bits per heavy atom. The van der Waals surface area contributed by atoms with E-state index in [1.54, 1.807) is 6.07 Å². The number of hydrogen-bond acceptors (Lipinski definition) is 5. The summed E-state index contributed by atoms with van der Waals surface area (Å²) >= 11 is 11.9. The number of nitrogens with one attached hydrogen (secondary N) is 1. The third-order valence-corrected chi connectivity index (χ3v) is 4.93. The van der Waals surface area contributed by atoms with E-state index in [0.717, 1.165) is 45.0 Å². The largest absolute Gasteiger partial charge is 0.356 e. The highest BCUT2D eigenvalue weighted by Gasteiger charge is 2.19. The molecule has 1 saturated heterocycles. The van der Waals surface area contributed by atoms with Crippen molar-refractivity contribution in [1.29, 1.82) is 0 Å². The Kier molecular flexibility index (Phi) is 6.88. The van der Waals surface area contributed by atoms with Crippen LogP contribution in [-0.2, 0) is 17.8 Å². The molecule has 1 N–H and O–H groups in total. The average molecular weight is 408 g/mol. The van der Waals surface area contributed by atoms with Gasteiger partial charge in [0.25, 0.3) is 0 Å². The highest BCUT2D eigenvalue weighted by Crippen LogP contribution is 2.20. The summed E-state index contributed by atoms with van der Waals surface area (Å²) in [5, 5.41) is 3.37. The number of nitrogens with zero attached hydrogens (tertiary/aromatic N) is 4. The van der Waals surface area contributed by atoms with Crippen molar-refractivity contribution >= 4 is 34.9 Å². The van der Waals surface area contributed by atoms with Gasteiger partial charge in [-0.2, -0.15) is 0 Å². The molecule has 0 bridgehead atoms. The zero-order valence-electron chi connectivity index (χ0n) is 15.3. The molecule has 1 amide bonds. The van der Waals surface area contributed by atoms with Gasteiger partial charge in [-0.3, -0.25) is 9.69 Å². The molecule has 0 spiro atoms. The van der Waals surface area contributed by atoms with Gasteiger partial charge in [-0.25, -0.2) is 9.97 Å². The Bertz CT molecular complexity index is 756. The standard InChI is InChI=1S/C19H23Cl2N5O/c1-14(27)22-7-6-15-2-4-16(5-3-15)13-25-8-10-26(11-9-25)18-12-17(20)23-19(21)24-18/h2-5,12H,6-11,13H2,1H3,(H,22,27). The smallest absolute Gasteiger partial charge is 0.225 e. The Labute approximate surface area is 169 Å². The summed E-state index contributed by atoms with van der Waals surface area (Å²) in [6.45, 7) is 6.78. The lowest BCUT2D eigenvalue weighted by atomic mass is 10.1. The zero-order chi connectivity index (χ0) is 19.2. The van der Waals surface area contributed by atoms with Crippen LogP contribution >= 0.6 is 23.2 Å². The quantitative estimate of drug-likeness (QED) is 0.589. The topological polar surface area (TPSA) is 61.4 Å². The maximum atomic E-state index is 10.9. The molecule has 2 aromatic rings. The first kappa shape index (κ1) is 19.9. The van der Waals surface area contributed by atoms with Gasteiger partial charge >= 0.3 is 0 Å². The lowest BCUT2D eigenvalue weighted by Crippen LogP contribution is -2.46. The molecule has 144 valence electrons. The number of hydrogen-bond donors (Lipinski definition) is 1. The van der Waals surface area contributed by atoms with Gasteiger partial charge < -0.3 is 10.2 Å². The van der Waals surface area contributed by atoms with Crippen molar-refractivity contribution in [3.8, 4) is 0 Å². The van der Waals surface area contributed by atoms with Crippen LogP contribution in [0.2, 0.25) is 10.4 Å². The molecule has 1 aliphatic rings. The first-order valence-corrected chi connectivity index (χ1v) is 9.75. The van der Waals surface area contributed by atoms with Crippen LogP contribution < -0.4 is 10.2 Å². The van der Waals surface area contributed by atoms with Crippen molar-refractivity contribution in [2.75, 3.05) is 37.6 Å². The molecular formula is C19H23Cl2N5O. The van der Waals surface area contributed by atoms with E-state index in [1.807, 2.05) is 0 Å². The Morgan fingerprint density at radius 1 is 1.07 bits per heavy atom. The average Bonchev–Trinajstić information content (AvgIpc) is 2.63. The van der Waals surface area contributed by atoms with Crippen molar-refractivity contribution in [1.82, 2.24) is 20.2 Å². The minimum Gasteiger partial charge on any atom is -0.356 e. The van der Waals surface area contributed by atoms with E-state index in [2.05, 4.69) is 49.4 Å². The van der Waals surface area contributed by atoms with E-state index >= 15 is 0 Å². The molecule has 1 aromatic heterocycles. The van der Waals surface area contributed by atoms with Gasteiger partial charge in [0, 0.05) is 52.3 Å². The summed E-state index contributed by atoms with van der Waals surface area (Å²) in [6.07, 6.45) is 0.850. The number of rotatable bonds is 6. The van der Waals surface area contributed by atoms with Crippen molar-refractivity contribution in [3.05, 3.63) is 51.9 Å². The predicted molar refractivity (Wildman–Crippen MR) is 108 cm³/mol. The number of piperazine rings is 1. The zero-order valence-corrected chi connectivity index (χ0v) is 16.8. The van der Waals surface area contributed by atoms with Crippen LogP contribution in [0.25, 0.3) is 0 Å². The molecule has 8 heteroatoms. The normalized spacial score (nSPS) is 15.0. The molecule has 0 radical (unpaired) electrons. The summed E-state index contributed by atoms with van der Waals surface area (Å²) in [6, 6.07) is 10.4. The number of aromatic nitrogens is 2. The van der Waals surface area contributed by atoms with Gasteiger partial charge in [0.1, 0.15) is 11.0 Å². The predicted octanol–water partition coefficient (Wildman–Crippen LogP) is 2.78. The molecule has 1 aliphatic heterocycles. The van der Waals surface area contributed by atoms with Gasteiger partial charge in [0.15, 0.2) is 0 Å². The maximum absolute atomic E-state index is 10.9. The number of halogens is 2. The summed E-state index contributed by atoms with van der Waals surface area (Å²) in [4.78, 5) is 23.7. The van der Waals surface area contributed by atoms with Crippen LogP contribution in [0.15, 0.2) is 30.3 Å². The number of anilines is 1. The van der Waals surface area contributed by atoms with Crippen molar-refractivity contribution in [2.45, 2.75) is 19.9 Å². The molecule has 0 saturated carbocycles. The molecule has 6 nitrogen and oxygen atoms in total. The minimum atomic E-state index is 0.0114. The van der Waals surface area contributed by atoms with Crippen LogP contribution in [0.1, 0.15) is 18.1 Å². The van der Waals surface area contributed by atoms with Gasteiger partial charge in [-0.05, 0) is 29.1 Å². The minimum absolute atomic E-state index is 0.0114. The summed E-state index contributed by atoms with van der Waals surface area (Å²) in [5.41, 5.74) is 2.52. The highest BCUT2D eigenvalue weighted by atomic mass is 35.5. The SMILES string of the molecule is CC(=O)NCCc1ccc(CN2CCN(c3cc(Cl)nc(Cl)n3)CC2)cc1. The summed E-state index contributed by atoms with van der Waals surface area (Å²) < 4.78 is 0. The van der Waals surface area contributed by atoms with Gasteiger partial charge in [0.05, 0.1) is 0 Å². The van der Waals surface area contributed by atoms with Crippen LogP contribution in [0.4, 0.5) is 5.82 Å². The summed E-state index contributed by atoms with van der Waals surface area (Å²) in [5.74, 6) is 0.792. The molecule has 27 heavy (non-hydrogen) atoms. The Balaban J connectivity index is 1.48. The van der Waals surface area contributed by atoms with Crippen molar-refractivity contribution in [3.63, 3.8) is 0 Å². The number of amides is 1. The fraction of sp³-hybridized carbons (Fsp3) is 0.421. The second kappa shape index (κ2) is 9.35. The van der Waals surface area contributed by atoms with E-state index in [9.17, 15) is 4.79 Å². The van der Waals surface area contributed by atoms with Crippen LogP contribution in [0.5, 0.6) is 0 Å². The van der Waals surface area contributed by atoms with Crippen LogP contribution in [-0.4, -0.2) is 53.5 Å². The molecule has 0 aliphatic carbocycles. The molecular weight excluding hydrogens is 385 g/mol. The Morgan fingerprint density at radius 2 is 1.74 bits per heavy atom. The first-order valence-electron chi connectivity index (χ1n) is 8.99. The lowest BCUT2D eigenvalue weighted by molar-refractivity contribution is -0.118. The van der Waals surface area contributed by atoms with E-state index < -0.39 is 0 Å². The van der Waals surface area contributed by atoms with E-state index in [1.165, 1.54) is 18.1 Å². The number of carbonyl (C=O) groups is 1. The molecule has 2 heterocycles. The van der Waals surface area contributed by atoms with E-state index in [-0.39, 0.29) is 11.2 Å². The molecule has 1 aromatic carbocycles. The third kappa shape index (κ3) is 6.06. The maximum Gasteiger partial charge on any atom is 0.225 e. The second-order valence-electron chi connectivity index (χ2n) is 6.63. The van der Waals surface area contributed by atoms with Gasteiger partial charge in [-0.1, -0.05) is 35.9 Å². The van der Waals surface area contributed by atoms with Gasteiger partial charge in [0.2, 0.25) is 11.2 Å². The van der Waals surface area contributed by atoms with Crippen LogP contribution in [0.3, 0.4) is 0 Å². The van der Waals surface area contributed by atoms with Gasteiger partial charge in [-0.15, -0.1) is 0 Å². The monoisotopic (exact) mass is 407 g/mol. The Hall–Kier alpha value is -1.89. The number of benzene rings is 1. The third-order valence-electron chi connectivity index (χ3n) is 4.57. The first-order chi connectivity index (χ1) is 13.0. The molecule has 1 fully saturated rings. The number of carbonyl (C=O) groups excluding carboxylic acids is 1. The van der Waals surface area contributed by atoms with Crippen molar-refractivity contribution in [2.24, 2.45) is 0 Å². The molecule has 0 unspecified atom stereocenters. The lowest BCUT2D eigenvalue weighted by Gasteiger charge is -2.35. The highest BCUT2D eigenvalue weighted by molar-refractivity contribution is 6.32.